The summed E-state index contributed by atoms with van der Waals surface area (Å²) >= 11 is 0. The molecule has 1 heterocycles. The smallest absolute Gasteiger partial charge is 0.108 e. The van der Waals surface area contributed by atoms with E-state index in [4.69, 9.17) is 4.74 Å². The molecule has 1 aromatic heterocycles. The fraction of sp³-hybridized carbons (Fsp3) is 0.786. The number of imidazole rings is 1. The first kappa shape index (κ1) is 15.2. The minimum atomic E-state index is 0.693. The summed E-state index contributed by atoms with van der Waals surface area (Å²) in [6.45, 7) is 7.36. The van der Waals surface area contributed by atoms with Crippen molar-refractivity contribution in [2.24, 2.45) is 18.9 Å². The summed E-state index contributed by atoms with van der Waals surface area (Å²) in [5.41, 5.74) is 0. The number of nitrogens with one attached hydrogen (secondary N) is 1. The monoisotopic (exact) mass is 253 g/mol. The molecule has 0 bridgehead atoms. The lowest BCUT2D eigenvalue weighted by Gasteiger charge is -2.21. The number of rotatable bonds is 9. The fourth-order valence-corrected chi connectivity index (χ4v) is 2.08. The number of hydrogen-bond donors (Lipinski definition) is 1. The first-order chi connectivity index (χ1) is 8.65. The second-order valence-corrected chi connectivity index (χ2v) is 5.19. The van der Waals surface area contributed by atoms with Crippen LogP contribution in [0, 0.1) is 11.8 Å². The number of aromatic nitrogens is 2. The summed E-state index contributed by atoms with van der Waals surface area (Å²) in [4.78, 5) is 4.38. The molecule has 0 radical (unpaired) electrons. The van der Waals surface area contributed by atoms with Crippen LogP contribution < -0.4 is 5.32 Å². The molecule has 0 amide bonds. The van der Waals surface area contributed by atoms with Gasteiger partial charge in [0.15, 0.2) is 0 Å². The fourth-order valence-electron chi connectivity index (χ4n) is 2.08. The average molecular weight is 253 g/mol. The van der Waals surface area contributed by atoms with Gasteiger partial charge in [-0.1, -0.05) is 13.8 Å². The number of nitrogens with zero attached hydrogens (tertiary/aromatic N) is 2. The van der Waals surface area contributed by atoms with Gasteiger partial charge in [0.2, 0.25) is 0 Å². The lowest BCUT2D eigenvalue weighted by Crippen LogP contribution is -2.29. The predicted octanol–water partition coefficient (Wildman–Crippen LogP) is 1.86. The molecule has 18 heavy (non-hydrogen) atoms. The summed E-state index contributed by atoms with van der Waals surface area (Å²) in [5.74, 6) is 2.57. The summed E-state index contributed by atoms with van der Waals surface area (Å²) in [7, 11) is 3.80. The highest BCUT2D eigenvalue weighted by molar-refractivity contribution is 4.91. The van der Waals surface area contributed by atoms with E-state index in [1.165, 1.54) is 12.2 Å². The van der Waals surface area contributed by atoms with E-state index in [-0.39, 0.29) is 0 Å². The van der Waals surface area contributed by atoms with E-state index in [1.54, 1.807) is 7.11 Å². The normalized spacial score (nSPS) is 13.2. The van der Waals surface area contributed by atoms with Gasteiger partial charge in [-0.2, -0.15) is 0 Å². The van der Waals surface area contributed by atoms with Crippen LogP contribution in [0.3, 0.4) is 0 Å². The van der Waals surface area contributed by atoms with Crippen LogP contribution >= 0.6 is 0 Å². The molecular formula is C14H27N3O. The molecule has 0 fully saturated rings. The summed E-state index contributed by atoms with van der Waals surface area (Å²) in [6, 6.07) is 0. The molecule has 1 rings (SSSR count). The molecule has 1 N–H and O–H groups in total. The molecule has 0 aliphatic heterocycles. The topological polar surface area (TPSA) is 39.1 Å². The van der Waals surface area contributed by atoms with E-state index >= 15 is 0 Å². The van der Waals surface area contributed by atoms with E-state index in [0.29, 0.717) is 11.8 Å². The number of methoxy groups -OCH3 is 1. The van der Waals surface area contributed by atoms with Crippen molar-refractivity contribution in [2.75, 3.05) is 26.8 Å². The zero-order valence-electron chi connectivity index (χ0n) is 12.1. The number of aryl methyl sites for hydroxylation is 2. The minimum Gasteiger partial charge on any atom is -0.383 e. The van der Waals surface area contributed by atoms with Crippen molar-refractivity contribution in [3.05, 3.63) is 18.2 Å². The molecule has 1 aromatic rings. The molecular weight excluding hydrogens is 226 g/mol. The van der Waals surface area contributed by atoms with Crippen molar-refractivity contribution in [2.45, 2.75) is 26.7 Å². The Balaban J connectivity index is 2.31. The molecule has 0 saturated heterocycles. The van der Waals surface area contributed by atoms with Gasteiger partial charge in [0.05, 0.1) is 6.61 Å². The van der Waals surface area contributed by atoms with E-state index < -0.39 is 0 Å². The Morgan fingerprint density at radius 2 is 2.22 bits per heavy atom. The van der Waals surface area contributed by atoms with E-state index in [1.807, 2.05) is 12.4 Å². The van der Waals surface area contributed by atoms with Crippen LogP contribution in [0.25, 0.3) is 0 Å². The van der Waals surface area contributed by atoms with E-state index in [0.717, 1.165) is 26.1 Å². The largest absolute Gasteiger partial charge is 0.383 e. The quantitative estimate of drug-likeness (QED) is 0.683. The molecule has 4 heteroatoms. The van der Waals surface area contributed by atoms with Crippen molar-refractivity contribution >= 4 is 0 Å². The van der Waals surface area contributed by atoms with Crippen molar-refractivity contribution in [1.82, 2.24) is 14.9 Å². The maximum absolute atomic E-state index is 5.04. The van der Waals surface area contributed by atoms with Gasteiger partial charge in [0.1, 0.15) is 5.82 Å². The second kappa shape index (κ2) is 8.27. The lowest BCUT2D eigenvalue weighted by atomic mass is 9.91. The van der Waals surface area contributed by atoms with Gasteiger partial charge < -0.3 is 14.6 Å². The second-order valence-electron chi connectivity index (χ2n) is 5.19. The van der Waals surface area contributed by atoms with Crippen LogP contribution in [0.15, 0.2) is 12.4 Å². The van der Waals surface area contributed by atoms with Crippen LogP contribution in [0.2, 0.25) is 0 Å². The molecule has 0 saturated carbocycles. The highest BCUT2D eigenvalue weighted by Crippen LogP contribution is 2.16. The predicted molar refractivity (Wildman–Crippen MR) is 74.6 cm³/mol. The Kier molecular flexibility index (Phi) is 6.98. The first-order valence-corrected chi connectivity index (χ1v) is 6.81. The van der Waals surface area contributed by atoms with Crippen LogP contribution in [-0.2, 0) is 18.2 Å². The molecule has 0 aliphatic rings. The lowest BCUT2D eigenvalue weighted by molar-refractivity contribution is 0.195. The van der Waals surface area contributed by atoms with Crippen LogP contribution in [-0.4, -0.2) is 36.4 Å². The van der Waals surface area contributed by atoms with Crippen molar-refractivity contribution in [1.29, 1.82) is 0 Å². The Bertz CT molecular complexity index is 323. The number of ether oxygens (including phenoxy) is 1. The summed E-state index contributed by atoms with van der Waals surface area (Å²) in [6.07, 6.45) is 6.12. The molecule has 104 valence electrons. The third kappa shape index (κ3) is 5.19. The SMILES string of the molecule is COCCNCC(CCc1nccn1C)C(C)C. The third-order valence-electron chi connectivity index (χ3n) is 3.49. The Labute approximate surface area is 111 Å². The average Bonchev–Trinajstić information content (AvgIpc) is 2.73. The van der Waals surface area contributed by atoms with Gasteiger partial charge in [-0.05, 0) is 24.8 Å². The Hall–Kier alpha value is -0.870. The van der Waals surface area contributed by atoms with Gasteiger partial charge >= 0.3 is 0 Å². The van der Waals surface area contributed by atoms with E-state index in [2.05, 4.69) is 35.8 Å². The Morgan fingerprint density at radius 3 is 2.78 bits per heavy atom. The van der Waals surface area contributed by atoms with Crippen LogP contribution in [0.5, 0.6) is 0 Å². The number of hydrogen-bond acceptors (Lipinski definition) is 3. The van der Waals surface area contributed by atoms with Crippen molar-refractivity contribution in [3.63, 3.8) is 0 Å². The zero-order chi connectivity index (χ0) is 13.4. The Morgan fingerprint density at radius 1 is 1.44 bits per heavy atom. The molecule has 1 atom stereocenters. The molecule has 0 aromatic carbocycles. The maximum Gasteiger partial charge on any atom is 0.108 e. The third-order valence-corrected chi connectivity index (χ3v) is 3.49. The van der Waals surface area contributed by atoms with Gasteiger partial charge in [0.25, 0.3) is 0 Å². The molecule has 4 nitrogen and oxygen atoms in total. The zero-order valence-corrected chi connectivity index (χ0v) is 12.1. The van der Waals surface area contributed by atoms with Gasteiger partial charge in [-0.15, -0.1) is 0 Å². The van der Waals surface area contributed by atoms with Gasteiger partial charge in [0, 0.05) is 39.5 Å². The van der Waals surface area contributed by atoms with Crippen molar-refractivity contribution < 1.29 is 4.74 Å². The highest BCUT2D eigenvalue weighted by atomic mass is 16.5. The first-order valence-electron chi connectivity index (χ1n) is 6.81. The van der Waals surface area contributed by atoms with E-state index in [9.17, 15) is 0 Å². The standard InChI is InChI=1S/C14H27N3O/c1-12(2)13(11-15-8-10-18-4)5-6-14-16-7-9-17(14)3/h7,9,12-13,15H,5-6,8,10-11H2,1-4H3. The molecule has 1 unspecified atom stereocenters. The summed E-state index contributed by atoms with van der Waals surface area (Å²) < 4.78 is 7.15. The molecule has 0 spiro atoms. The highest BCUT2D eigenvalue weighted by Gasteiger charge is 2.14. The molecule has 0 aliphatic carbocycles. The van der Waals surface area contributed by atoms with Crippen LogP contribution in [0.4, 0.5) is 0 Å². The maximum atomic E-state index is 5.04. The van der Waals surface area contributed by atoms with Crippen LogP contribution in [0.1, 0.15) is 26.1 Å². The summed E-state index contributed by atoms with van der Waals surface area (Å²) in [5, 5.41) is 3.46. The minimum absolute atomic E-state index is 0.693. The van der Waals surface area contributed by atoms with Gasteiger partial charge in [-0.3, -0.25) is 0 Å². The van der Waals surface area contributed by atoms with Gasteiger partial charge in [-0.25, -0.2) is 4.98 Å². The van der Waals surface area contributed by atoms with Crippen molar-refractivity contribution in [3.8, 4) is 0 Å².